The second kappa shape index (κ2) is 9.48. The van der Waals surface area contributed by atoms with Gasteiger partial charge < -0.3 is 20.3 Å². The largest absolute Gasteiger partial charge is 0.450 e. The van der Waals surface area contributed by atoms with Gasteiger partial charge in [0.15, 0.2) is 5.96 Å². The van der Waals surface area contributed by atoms with Crippen molar-refractivity contribution in [3.05, 3.63) is 35.4 Å². The molecule has 0 aliphatic carbocycles. The molecule has 1 amide bonds. The number of hydrogen-bond donors (Lipinski definition) is 2. The van der Waals surface area contributed by atoms with Gasteiger partial charge in [0, 0.05) is 32.7 Å². The zero-order chi connectivity index (χ0) is 19.9. The quantitative estimate of drug-likeness (QED) is 0.617. The summed E-state index contributed by atoms with van der Waals surface area (Å²) in [6, 6.07) is 5.19. The standard InChI is InChI=1S/C18H25F3N4O2/c1-3-27-17(26)25-10-8-15(9-11-25)24-16(22-2)23-12-13-4-6-14(7-5-13)18(19,20)21/h4-7,15H,3,8-12H2,1-2H3,(H2,22,23,24). The van der Waals surface area contributed by atoms with Gasteiger partial charge in [-0.1, -0.05) is 12.1 Å². The predicted molar refractivity (Wildman–Crippen MR) is 96.4 cm³/mol. The number of benzene rings is 1. The molecule has 0 bridgehead atoms. The molecule has 0 radical (unpaired) electrons. The van der Waals surface area contributed by atoms with Crippen LogP contribution in [0.3, 0.4) is 0 Å². The molecule has 1 saturated heterocycles. The molecular formula is C18H25F3N4O2. The zero-order valence-corrected chi connectivity index (χ0v) is 15.5. The van der Waals surface area contributed by atoms with Gasteiger partial charge in [-0.25, -0.2) is 4.79 Å². The van der Waals surface area contributed by atoms with Crippen LogP contribution < -0.4 is 10.6 Å². The second-order valence-corrected chi connectivity index (χ2v) is 6.23. The Morgan fingerprint density at radius 3 is 2.41 bits per heavy atom. The third-order valence-electron chi connectivity index (χ3n) is 4.33. The number of ether oxygens (including phenoxy) is 1. The molecule has 2 N–H and O–H groups in total. The second-order valence-electron chi connectivity index (χ2n) is 6.23. The van der Waals surface area contributed by atoms with E-state index in [-0.39, 0.29) is 12.1 Å². The summed E-state index contributed by atoms with van der Waals surface area (Å²) in [7, 11) is 1.63. The highest BCUT2D eigenvalue weighted by atomic mass is 19.4. The Labute approximate surface area is 156 Å². The minimum atomic E-state index is -4.33. The number of carbonyl (C=O) groups is 1. The fraction of sp³-hybridized carbons (Fsp3) is 0.556. The number of alkyl halides is 3. The van der Waals surface area contributed by atoms with E-state index in [0.717, 1.165) is 30.5 Å². The molecule has 1 heterocycles. The van der Waals surface area contributed by atoms with Crippen molar-refractivity contribution in [3.63, 3.8) is 0 Å². The number of likely N-dealkylation sites (tertiary alicyclic amines) is 1. The van der Waals surface area contributed by atoms with Crippen LogP contribution in [0.2, 0.25) is 0 Å². The summed E-state index contributed by atoms with van der Waals surface area (Å²) in [6.45, 7) is 3.70. The van der Waals surface area contributed by atoms with Crippen molar-refractivity contribution in [2.75, 3.05) is 26.7 Å². The molecular weight excluding hydrogens is 361 g/mol. The first kappa shape index (κ1) is 20.9. The van der Waals surface area contributed by atoms with E-state index in [2.05, 4.69) is 15.6 Å². The van der Waals surface area contributed by atoms with Crippen molar-refractivity contribution in [2.24, 2.45) is 4.99 Å². The Balaban J connectivity index is 1.79. The number of amides is 1. The lowest BCUT2D eigenvalue weighted by molar-refractivity contribution is -0.137. The van der Waals surface area contributed by atoms with Crippen molar-refractivity contribution in [1.29, 1.82) is 0 Å². The van der Waals surface area contributed by atoms with E-state index in [4.69, 9.17) is 4.74 Å². The summed E-state index contributed by atoms with van der Waals surface area (Å²) in [5.41, 5.74) is 0.0604. The van der Waals surface area contributed by atoms with Gasteiger partial charge in [-0.2, -0.15) is 13.2 Å². The Bertz CT molecular complexity index is 639. The van der Waals surface area contributed by atoms with Crippen molar-refractivity contribution >= 4 is 12.1 Å². The predicted octanol–water partition coefficient (Wildman–Crippen LogP) is 2.99. The van der Waals surface area contributed by atoms with E-state index in [1.54, 1.807) is 18.9 Å². The smallest absolute Gasteiger partial charge is 0.416 e. The molecule has 2 rings (SSSR count). The highest BCUT2D eigenvalue weighted by Gasteiger charge is 2.30. The SMILES string of the molecule is CCOC(=O)N1CCC(NC(=NC)NCc2ccc(C(F)(F)F)cc2)CC1. The lowest BCUT2D eigenvalue weighted by Gasteiger charge is -2.32. The average Bonchev–Trinajstić information content (AvgIpc) is 2.65. The van der Waals surface area contributed by atoms with Gasteiger partial charge in [0.05, 0.1) is 12.2 Å². The Kier molecular flexibility index (Phi) is 7.32. The maximum absolute atomic E-state index is 12.6. The van der Waals surface area contributed by atoms with Crippen LogP contribution in [0.15, 0.2) is 29.3 Å². The van der Waals surface area contributed by atoms with Crippen LogP contribution in [0.4, 0.5) is 18.0 Å². The van der Waals surface area contributed by atoms with Gasteiger partial charge in [-0.15, -0.1) is 0 Å². The number of nitrogens with zero attached hydrogens (tertiary/aromatic N) is 2. The van der Waals surface area contributed by atoms with Crippen LogP contribution in [0, 0.1) is 0 Å². The molecule has 1 aliphatic heterocycles. The summed E-state index contributed by atoms with van der Waals surface area (Å²) in [5.74, 6) is 0.574. The lowest BCUT2D eigenvalue weighted by Crippen LogP contribution is -2.49. The fourth-order valence-corrected chi connectivity index (χ4v) is 2.81. The number of halogens is 3. The van der Waals surface area contributed by atoms with E-state index < -0.39 is 11.7 Å². The number of aliphatic imine (C=N–C) groups is 1. The highest BCUT2D eigenvalue weighted by molar-refractivity contribution is 5.80. The van der Waals surface area contributed by atoms with Crippen LogP contribution in [-0.2, 0) is 17.5 Å². The summed E-state index contributed by atoms with van der Waals surface area (Å²) in [5, 5.41) is 6.38. The molecule has 0 saturated carbocycles. The van der Waals surface area contributed by atoms with Crippen LogP contribution in [0.1, 0.15) is 30.9 Å². The molecule has 1 aliphatic rings. The highest BCUT2D eigenvalue weighted by Crippen LogP contribution is 2.29. The van der Waals surface area contributed by atoms with E-state index in [1.807, 2.05) is 0 Å². The van der Waals surface area contributed by atoms with Crippen molar-refractivity contribution in [1.82, 2.24) is 15.5 Å². The molecule has 150 valence electrons. The number of piperidine rings is 1. The van der Waals surface area contributed by atoms with E-state index in [1.165, 1.54) is 12.1 Å². The van der Waals surface area contributed by atoms with Crippen LogP contribution in [0.25, 0.3) is 0 Å². The van der Waals surface area contributed by atoms with Gasteiger partial charge in [0.25, 0.3) is 0 Å². The topological polar surface area (TPSA) is 66.0 Å². The summed E-state index contributed by atoms with van der Waals surface area (Å²) >= 11 is 0. The Hall–Kier alpha value is -2.45. The average molecular weight is 386 g/mol. The zero-order valence-electron chi connectivity index (χ0n) is 15.5. The van der Waals surface area contributed by atoms with Crippen LogP contribution in [-0.4, -0.2) is 49.7 Å². The summed E-state index contributed by atoms with van der Waals surface area (Å²) in [4.78, 5) is 17.5. The molecule has 1 aromatic carbocycles. The number of nitrogens with one attached hydrogen (secondary N) is 2. The molecule has 9 heteroatoms. The van der Waals surface area contributed by atoms with Crippen molar-refractivity contribution in [3.8, 4) is 0 Å². The summed E-state index contributed by atoms with van der Waals surface area (Å²) in [6.07, 6.45) is -3.09. The van der Waals surface area contributed by atoms with Crippen molar-refractivity contribution in [2.45, 2.75) is 38.5 Å². The molecule has 0 unspecified atom stereocenters. The normalized spacial score (nSPS) is 16.2. The van der Waals surface area contributed by atoms with Crippen LogP contribution in [0.5, 0.6) is 0 Å². The lowest BCUT2D eigenvalue weighted by atomic mass is 10.1. The molecule has 6 nitrogen and oxygen atoms in total. The minimum Gasteiger partial charge on any atom is -0.450 e. The third-order valence-corrected chi connectivity index (χ3v) is 4.33. The summed E-state index contributed by atoms with van der Waals surface area (Å²) < 4.78 is 42.8. The van der Waals surface area contributed by atoms with E-state index in [9.17, 15) is 18.0 Å². The van der Waals surface area contributed by atoms with Gasteiger partial charge in [-0.3, -0.25) is 4.99 Å². The molecule has 0 aromatic heterocycles. The Morgan fingerprint density at radius 2 is 1.89 bits per heavy atom. The third kappa shape index (κ3) is 6.33. The number of guanidine groups is 1. The van der Waals surface area contributed by atoms with Gasteiger partial charge in [-0.05, 0) is 37.5 Å². The van der Waals surface area contributed by atoms with Gasteiger partial charge in [0.2, 0.25) is 0 Å². The fourth-order valence-electron chi connectivity index (χ4n) is 2.81. The van der Waals surface area contributed by atoms with E-state index >= 15 is 0 Å². The number of carbonyl (C=O) groups excluding carboxylic acids is 1. The van der Waals surface area contributed by atoms with Gasteiger partial charge >= 0.3 is 12.3 Å². The van der Waals surface area contributed by atoms with E-state index in [0.29, 0.717) is 32.2 Å². The Morgan fingerprint density at radius 1 is 1.26 bits per heavy atom. The number of hydrogen-bond acceptors (Lipinski definition) is 3. The first-order valence-electron chi connectivity index (χ1n) is 8.88. The minimum absolute atomic E-state index is 0.162. The monoisotopic (exact) mass is 386 g/mol. The maximum atomic E-state index is 12.6. The van der Waals surface area contributed by atoms with Gasteiger partial charge in [0.1, 0.15) is 0 Å². The first-order valence-corrected chi connectivity index (χ1v) is 8.88. The first-order chi connectivity index (χ1) is 12.8. The molecule has 27 heavy (non-hydrogen) atoms. The molecule has 0 atom stereocenters. The van der Waals surface area contributed by atoms with Crippen molar-refractivity contribution < 1.29 is 22.7 Å². The molecule has 0 spiro atoms. The molecule has 1 aromatic rings. The number of rotatable bonds is 4. The van der Waals surface area contributed by atoms with Crippen LogP contribution >= 0.6 is 0 Å². The molecule has 1 fully saturated rings. The maximum Gasteiger partial charge on any atom is 0.416 e.